The van der Waals surface area contributed by atoms with Crippen molar-refractivity contribution in [2.45, 2.75) is 59.3 Å². The predicted molar refractivity (Wildman–Crippen MR) is 75.0 cm³/mol. The van der Waals surface area contributed by atoms with Crippen molar-refractivity contribution in [1.82, 2.24) is 0 Å². The van der Waals surface area contributed by atoms with Gasteiger partial charge in [-0.1, -0.05) is 39.0 Å². The number of ether oxygens (including phenoxy) is 2. The van der Waals surface area contributed by atoms with E-state index >= 15 is 0 Å². The molecule has 0 radical (unpaired) electrons. The average Bonchev–Trinajstić information content (AvgIpc) is 2.27. The smallest absolute Gasteiger partial charge is 1.00 e. The summed E-state index contributed by atoms with van der Waals surface area (Å²) in [6.07, 6.45) is 9.51. The summed E-state index contributed by atoms with van der Waals surface area (Å²) >= 11 is 0. The van der Waals surface area contributed by atoms with Crippen LogP contribution in [0.3, 0.4) is 0 Å². The van der Waals surface area contributed by atoms with Gasteiger partial charge >= 0.3 is 23.1 Å². The molecular formula is C14H29BrMgO2. The first-order valence-corrected chi connectivity index (χ1v) is 6.74. The molecule has 0 aromatic carbocycles. The van der Waals surface area contributed by atoms with E-state index in [1.54, 1.807) is 0 Å². The first-order chi connectivity index (χ1) is 7.81. The second-order valence-electron chi connectivity index (χ2n) is 4.53. The van der Waals surface area contributed by atoms with Crippen LogP contribution in [0.2, 0.25) is 0 Å². The van der Waals surface area contributed by atoms with Crippen molar-refractivity contribution in [1.29, 1.82) is 0 Å². The third kappa shape index (κ3) is 19.5. The molecule has 1 unspecified atom stereocenters. The van der Waals surface area contributed by atoms with Crippen molar-refractivity contribution in [3.8, 4) is 0 Å². The second-order valence-corrected chi connectivity index (χ2v) is 4.53. The van der Waals surface area contributed by atoms with E-state index in [0.29, 0.717) is 6.79 Å². The van der Waals surface area contributed by atoms with E-state index in [-0.39, 0.29) is 40.0 Å². The summed E-state index contributed by atoms with van der Waals surface area (Å²) in [7, 11) is 0. The predicted octanol–water partition coefficient (Wildman–Crippen LogP) is 0.821. The fourth-order valence-corrected chi connectivity index (χ4v) is 1.68. The molecule has 0 rings (SSSR count). The molecule has 0 fully saturated rings. The van der Waals surface area contributed by atoms with Crippen molar-refractivity contribution in [2.24, 2.45) is 5.92 Å². The van der Waals surface area contributed by atoms with Crippen LogP contribution in [0.1, 0.15) is 59.3 Å². The fourth-order valence-electron chi connectivity index (χ4n) is 1.68. The van der Waals surface area contributed by atoms with Crippen LogP contribution in [0.25, 0.3) is 0 Å². The average molecular weight is 334 g/mol. The van der Waals surface area contributed by atoms with Crippen LogP contribution in [0.5, 0.6) is 0 Å². The van der Waals surface area contributed by atoms with Crippen molar-refractivity contribution in [2.75, 3.05) is 20.0 Å². The summed E-state index contributed by atoms with van der Waals surface area (Å²) in [5, 5.41) is 0. The molecule has 0 aliphatic rings. The maximum Gasteiger partial charge on any atom is 2.00 e. The molecule has 0 bridgehead atoms. The van der Waals surface area contributed by atoms with Gasteiger partial charge in [0.05, 0.1) is 0 Å². The number of rotatable bonds is 12. The summed E-state index contributed by atoms with van der Waals surface area (Å²) in [6, 6.07) is 0. The molecule has 0 aliphatic heterocycles. The van der Waals surface area contributed by atoms with E-state index in [4.69, 9.17) is 9.47 Å². The van der Waals surface area contributed by atoms with Crippen LogP contribution < -0.4 is 17.0 Å². The molecule has 0 heterocycles. The van der Waals surface area contributed by atoms with Crippen molar-refractivity contribution >= 4 is 23.1 Å². The molecule has 2 nitrogen and oxygen atoms in total. The van der Waals surface area contributed by atoms with E-state index in [9.17, 15) is 0 Å². The van der Waals surface area contributed by atoms with E-state index in [1.165, 1.54) is 25.7 Å². The largest absolute Gasteiger partial charge is 2.00 e. The zero-order valence-electron chi connectivity index (χ0n) is 12.4. The Balaban J connectivity index is -0.00000112. The minimum Gasteiger partial charge on any atom is -1.00 e. The Morgan fingerprint density at radius 1 is 1.06 bits per heavy atom. The molecule has 0 spiro atoms. The normalized spacial score (nSPS) is 11.5. The molecule has 106 valence electrons. The Labute approximate surface area is 140 Å². The van der Waals surface area contributed by atoms with Crippen LogP contribution in [0, 0.1) is 12.3 Å². The summed E-state index contributed by atoms with van der Waals surface area (Å²) < 4.78 is 10.8. The van der Waals surface area contributed by atoms with Gasteiger partial charge in [0, 0.05) is 13.2 Å². The van der Waals surface area contributed by atoms with Crippen molar-refractivity contribution in [3.63, 3.8) is 0 Å². The quantitative estimate of drug-likeness (QED) is 0.228. The zero-order chi connectivity index (χ0) is 12.1. The summed E-state index contributed by atoms with van der Waals surface area (Å²) in [4.78, 5) is 0. The van der Waals surface area contributed by atoms with Gasteiger partial charge in [-0.15, -0.1) is 0 Å². The number of hydrogen-bond acceptors (Lipinski definition) is 2. The van der Waals surface area contributed by atoms with Crippen LogP contribution >= 0.6 is 0 Å². The minimum atomic E-state index is 0. The van der Waals surface area contributed by atoms with Crippen LogP contribution in [0.4, 0.5) is 0 Å². The Morgan fingerprint density at radius 3 is 2.22 bits per heavy atom. The van der Waals surface area contributed by atoms with Crippen molar-refractivity contribution in [3.05, 3.63) is 6.42 Å². The van der Waals surface area contributed by atoms with Gasteiger partial charge in [0.25, 0.3) is 0 Å². The first-order valence-electron chi connectivity index (χ1n) is 6.74. The molecule has 0 aliphatic carbocycles. The summed E-state index contributed by atoms with van der Waals surface area (Å²) in [5.41, 5.74) is 0. The third-order valence-corrected chi connectivity index (χ3v) is 2.68. The van der Waals surface area contributed by atoms with Gasteiger partial charge in [-0.25, -0.2) is 0 Å². The molecule has 4 heteroatoms. The van der Waals surface area contributed by atoms with Gasteiger partial charge in [0.2, 0.25) is 0 Å². The van der Waals surface area contributed by atoms with Crippen LogP contribution in [0.15, 0.2) is 0 Å². The van der Waals surface area contributed by atoms with E-state index in [2.05, 4.69) is 27.2 Å². The molecule has 0 aromatic rings. The SMILES string of the molecule is C[CH-]CC(C)CCCOCOCCCCC.[Br-].[Mg+2]. The van der Waals surface area contributed by atoms with E-state index in [0.717, 1.165) is 32.0 Å². The number of hydrogen-bond donors (Lipinski definition) is 0. The summed E-state index contributed by atoms with van der Waals surface area (Å²) in [5.74, 6) is 0.791. The minimum absolute atomic E-state index is 0. The van der Waals surface area contributed by atoms with E-state index in [1.807, 2.05) is 0 Å². The molecule has 0 saturated carbocycles. The molecule has 0 amide bonds. The molecule has 0 saturated heterocycles. The van der Waals surface area contributed by atoms with Crippen LogP contribution in [-0.4, -0.2) is 43.1 Å². The van der Waals surface area contributed by atoms with Gasteiger partial charge < -0.3 is 32.9 Å². The van der Waals surface area contributed by atoms with Gasteiger partial charge in [0.15, 0.2) is 0 Å². The second kappa shape index (κ2) is 20.5. The molecule has 1 atom stereocenters. The van der Waals surface area contributed by atoms with Gasteiger partial charge in [-0.05, 0) is 12.8 Å². The molecular weight excluding hydrogens is 304 g/mol. The standard InChI is InChI=1S/C14H29O2.BrH.Mg/c1-4-6-7-11-15-13-16-12-8-10-14(3)9-5-2;;/h5,14H,4,6-13H2,1-3H3;1H;/q-1;;+2/p-1. The van der Waals surface area contributed by atoms with Gasteiger partial charge in [-0.3, -0.25) is 0 Å². The Kier molecular flexibility index (Phi) is 27.5. The van der Waals surface area contributed by atoms with E-state index < -0.39 is 0 Å². The third-order valence-electron chi connectivity index (χ3n) is 2.68. The number of halogens is 1. The topological polar surface area (TPSA) is 18.5 Å². The Bertz CT molecular complexity index is 137. The number of unbranched alkanes of at least 4 members (excludes halogenated alkanes) is 2. The maximum atomic E-state index is 5.41. The van der Waals surface area contributed by atoms with Crippen molar-refractivity contribution < 1.29 is 26.5 Å². The first kappa shape index (κ1) is 24.2. The van der Waals surface area contributed by atoms with Gasteiger partial charge in [-0.2, -0.15) is 13.3 Å². The Morgan fingerprint density at radius 2 is 1.67 bits per heavy atom. The summed E-state index contributed by atoms with van der Waals surface area (Å²) in [6.45, 7) is 8.76. The maximum absolute atomic E-state index is 5.41. The fraction of sp³-hybridized carbons (Fsp3) is 0.929. The Hall–Kier alpha value is 1.17. The van der Waals surface area contributed by atoms with Crippen LogP contribution in [-0.2, 0) is 9.47 Å². The monoisotopic (exact) mass is 332 g/mol. The molecule has 18 heavy (non-hydrogen) atoms. The zero-order valence-corrected chi connectivity index (χ0v) is 15.4. The molecule has 0 N–H and O–H groups in total. The van der Waals surface area contributed by atoms with Gasteiger partial charge in [0.1, 0.15) is 6.79 Å². The molecule has 0 aromatic heterocycles.